The van der Waals surface area contributed by atoms with Gasteiger partial charge >= 0.3 is 0 Å². The third-order valence-electron chi connectivity index (χ3n) is 4.59. The van der Waals surface area contributed by atoms with E-state index in [0.717, 1.165) is 33.7 Å². The van der Waals surface area contributed by atoms with Gasteiger partial charge in [0.25, 0.3) is 10.0 Å². The highest BCUT2D eigenvalue weighted by Gasteiger charge is 2.29. The Morgan fingerprint density at radius 3 is 2.48 bits per heavy atom. The smallest absolute Gasteiger partial charge is 0.270 e. The van der Waals surface area contributed by atoms with Crippen LogP contribution in [0, 0.1) is 10.5 Å². The summed E-state index contributed by atoms with van der Waals surface area (Å²) in [6, 6.07) is 8.61. The summed E-state index contributed by atoms with van der Waals surface area (Å²) >= 11 is 8.60. The zero-order valence-electron chi connectivity index (χ0n) is 14.5. The number of nitrogens with zero attached hydrogens (tertiary/aromatic N) is 3. The van der Waals surface area contributed by atoms with Gasteiger partial charge in [0.2, 0.25) is 0 Å². The highest BCUT2D eigenvalue weighted by molar-refractivity contribution is 14.1. The molecule has 0 saturated carbocycles. The molecule has 0 aliphatic carbocycles. The molecule has 0 N–H and O–H groups in total. The minimum absolute atomic E-state index is 0.152. The molecule has 0 amide bonds. The average Bonchev–Trinajstić information content (AvgIpc) is 2.94. The lowest BCUT2D eigenvalue weighted by Gasteiger charge is -2.29. The van der Waals surface area contributed by atoms with Crippen molar-refractivity contribution in [1.29, 1.82) is 0 Å². The minimum atomic E-state index is -3.87. The number of fused-ring (bicyclic) bond motifs is 1. The van der Waals surface area contributed by atoms with Crippen LogP contribution in [0.3, 0.4) is 0 Å². The molecule has 1 aliphatic heterocycles. The molecule has 0 radical (unpaired) electrons. The molecule has 0 atom stereocenters. The van der Waals surface area contributed by atoms with Crippen LogP contribution in [0.25, 0.3) is 11.0 Å². The van der Waals surface area contributed by atoms with Crippen molar-refractivity contribution in [3.8, 4) is 0 Å². The summed E-state index contributed by atoms with van der Waals surface area (Å²) in [5.41, 5.74) is 2.25. The van der Waals surface area contributed by atoms with Crippen molar-refractivity contribution in [2.75, 3.05) is 31.2 Å². The van der Waals surface area contributed by atoms with Crippen molar-refractivity contribution in [3.63, 3.8) is 0 Å². The van der Waals surface area contributed by atoms with E-state index in [9.17, 15) is 8.42 Å². The van der Waals surface area contributed by atoms with E-state index in [1.165, 1.54) is 0 Å². The van der Waals surface area contributed by atoms with Crippen LogP contribution in [0.5, 0.6) is 0 Å². The fourth-order valence-corrected chi connectivity index (χ4v) is 5.92. The number of hydrogen-bond donors (Lipinski definition) is 0. The van der Waals surface area contributed by atoms with Crippen LogP contribution in [0.1, 0.15) is 5.56 Å². The molecule has 1 aliphatic rings. The van der Waals surface area contributed by atoms with Gasteiger partial charge in [0.1, 0.15) is 5.15 Å². The van der Waals surface area contributed by atoms with Crippen molar-refractivity contribution in [2.24, 2.45) is 0 Å². The van der Waals surface area contributed by atoms with Gasteiger partial charge in [-0.1, -0.05) is 29.3 Å². The Labute approximate surface area is 176 Å². The van der Waals surface area contributed by atoms with Crippen LogP contribution in [-0.4, -0.2) is 43.7 Å². The third-order valence-corrected chi connectivity index (χ3v) is 8.12. The summed E-state index contributed by atoms with van der Waals surface area (Å²) in [6.07, 6.45) is 1.63. The molecule has 4 rings (SSSR count). The summed E-state index contributed by atoms with van der Waals surface area (Å²) in [5.74, 6) is 0. The fourth-order valence-electron chi connectivity index (χ4n) is 3.19. The molecular formula is C18H17ClIN3O3S. The normalized spacial score (nSPS) is 15.4. The van der Waals surface area contributed by atoms with Crippen LogP contribution in [0.2, 0.25) is 5.15 Å². The largest absolute Gasteiger partial charge is 0.378 e. The van der Waals surface area contributed by atoms with E-state index in [0.29, 0.717) is 22.4 Å². The van der Waals surface area contributed by atoms with E-state index < -0.39 is 10.0 Å². The van der Waals surface area contributed by atoms with Crippen LogP contribution in [0.4, 0.5) is 5.69 Å². The summed E-state index contributed by atoms with van der Waals surface area (Å²) in [6.45, 7) is 4.66. The van der Waals surface area contributed by atoms with Gasteiger partial charge in [0.05, 0.1) is 32.8 Å². The molecule has 1 aromatic carbocycles. The van der Waals surface area contributed by atoms with Crippen LogP contribution in [0.15, 0.2) is 41.4 Å². The number of rotatable bonds is 3. The second-order valence-electron chi connectivity index (χ2n) is 6.32. The number of morpholine rings is 1. The molecule has 6 nitrogen and oxygen atoms in total. The van der Waals surface area contributed by atoms with Gasteiger partial charge in [-0.2, -0.15) is 0 Å². The monoisotopic (exact) mass is 517 g/mol. The third kappa shape index (κ3) is 3.22. The number of benzene rings is 1. The van der Waals surface area contributed by atoms with Gasteiger partial charge in [0.15, 0.2) is 5.65 Å². The molecule has 0 bridgehead atoms. The lowest BCUT2D eigenvalue weighted by atomic mass is 10.2. The number of ether oxygens (including phenoxy) is 1. The Bertz CT molecular complexity index is 1110. The molecule has 27 heavy (non-hydrogen) atoms. The molecule has 1 saturated heterocycles. The summed E-state index contributed by atoms with van der Waals surface area (Å²) in [7, 11) is -3.87. The van der Waals surface area contributed by atoms with Crippen LogP contribution in [-0.2, 0) is 14.8 Å². The Hall–Kier alpha value is -1.36. The van der Waals surface area contributed by atoms with Gasteiger partial charge < -0.3 is 9.64 Å². The van der Waals surface area contributed by atoms with Gasteiger partial charge in [-0.05, 0) is 47.7 Å². The molecule has 3 aromatic rings. The van der Waals surface area contributed by atoms with Crippen LogP contribution < -0.4 is 4.90 Å². The zero-order chi connectivity index (χ0) is 19.2. The zero-order valence-corrected chi connectivity index (χ0v) is 18.3. The first-order chi connectivity index (χ1) is 12.9. The average molecular weight is 518 g/mol. The van der Waals surface area contributed by atoms with Crippen molar-refractivity contribution in [1.82, 2.24) is 8.96 Å². The first-order valence-electron chi connectivity index (χ1n) is 8.40. The predicted octanol–water partition coefficient (Wildman–Crippen LogP) is 3.68. The van der Waals surface area contributed by atoms with E-state index in [-0.39, 0.29) is 10.0 Å². The molecule has 2 aromatic heterocycles. The number of aromatic nitrogens is 2. The second-order valence-corrected chi connectivity index (χ2v) is 9.54. The predicted molar refractivity (Wildman–Crippen MR) is 114 cm³/mol. The van der Waals surface area contributed by atoms with Crippen molar-refractivity contribution < 1.29 is 13.2 Å². The Morgan fingerprint density at radius 2 is 1.81 bits per heavy atom. The maximum Gasteiger partial charge on any atom is 0.270 e. The molecule has 9 heteroatoms. The molecule has 142 valence electrons. The highest BCUT2D eigenvalue weighted by atomic mass is 127. The number of pyridine rings is 1. The molecule has 1 fully saturated rings. The summed E-state index contributed by atoms with van der Waals surface area (Å²) in [4.78, 5) is 6.72. The standard InChI is InChI=1S/C18H17ClIN3O3S/c1-12-2-4-13(5-3-12)27(24,25)23-17(19)16(20)15-14(6-7-21-18(15)23)22-8-10-26-11-9-22/h2-7H,8-11H2,1H3. The highest BCUT2D eigenvalue weighted by Crippen LogP contribution is 2.38. The van der Waals surface area contributed by atoms with Crippen molar-refractivity contribution in [2.45, 2.75) is 11.8 Å². The Kier molecular flexibility index (Phi) is 5.08. The van der Waals surface area contributed by atoms with Crippen molar-refractivity contribution >= 4 is 60.9 Å². The summed E-state index contributed by atoms with van der Waals surface area (Å²) < 4.78 is 33.8. The van der Waals surface area contributed by atoms with E-state index in [4.69, 9.17) is 16.3 Å². The van der Waals surface area contributed by atoms with E-state index in [1.807, 2.05) is 13.0 Å². The van der Waals surface area contributed by atoms with Gasteiger partial charge in [-0.3, -0.25) is 0 Å². The van der Waals surface area contributed by atoms with E-state index in [2.05, 4.69) is 32.5 Å². The molecular weight excluding hydrogens is 501 g/mol. The molecule has 3 heterocycles. The van der Waals surface area contributed by atoms with E-state index in [1.54, 1.807) is 30.5 Å². The Morgan fingerprint density at radius 1 is 1.15 bits per heavy atom. The first-order valence-corrected chi connectivity index (χ1v) is 11.3. The number of hydrogen-bond acceptors (Lipinski definition) is 5. The Balaban J connectivity index is 1.94. The topological polar surface area (TPSA) is 64.4 Å². The molecule has 0 spiro atoms. The number of anilines is 1. The maximum atomic E-state index is 13.3. The van der Waals surface area contributed by atoms with Crippen molar-refractivity contribution in [3.05, 3.63) is 50.8 Å². The number of aryl methyl sites for hydroxylation is 1. The van der Waals surface area contributed by atoms with Crippen LogP contribution >= 0.6 is 34.2 Å². The number of halogens is 2. The molecule has 0 unspecified atom stereocenters. The van der Waals surface area contributed by atoms with Gasteiger partial charge in [0, 0.05) is 19.3 Å². The maximum absolute atomic E-state index is 13.3. The lowest BCUT2D eigenvalue weighted by molar-refractivity contribution is 0.123. The second kappa shape index (κ2) is 7.23. The lowest BCUT2D eigenvalue weighted by Crippen LogP contribution is -2.36. The quantitative estimate of drug-likeness (QED) is 0.496. The first kappa shape index (κ1) is 19.0. The van der Waals surface area contributed by atoms with E-state index >= 15 is 0 Å². The van der Waals surface area contributed by atoms with Gasteiger partial charge in [-0.15, -0.1) is 0 Å². The van der Waals surface area contributed by atoms with Gasteiger partial charge in [-0.25, -0.2) is 17.4 Å². The fraction of sp³-hybridized carbons (Fsp3) is 0.278. The SMILES string of the molecule is Cc1ccc(S(=O)(=O)n2c(Cl)c(I)c3c(N4CCOCC4)ccnc32)cc1. The minimum Gasteiger partial charge on any atom is -0.378 e. The summed E-state index contributed by atoms with van der Waals surface area (Å²) in [5, 5.41) is 0.903.